The number of aldehydes is 1. The summed E-state index contributed by atoms with van der Waals surface area (Å²) in [5.74, 6) is -2.08. The van der Waals surface area contributed by atoms with Gasteiger partial charge in [0, 0.05) is 0 Å². The number of halogens is 1. The third-order valence-corrected chi connectivity index (χ3v) is 4.04. The number of carbonyl (C=O) groups is 3. The van der Waals surface area contributed by atoms with Crippen molar-refractivity contribution in [1.82, 2.24) is 0 Å². The molecule has 148 valence electrons. The lowest BCUT2D eigenvalue weighted by molar-refractivity contribution is -0.143. The summed E-state index contributed by atoms with van der Waals surface area (Å²) < 4.78 is 25.3. The van der Waals surface area contributed by atoms with Gasteiger partial charge >= 0.3 is 5.97 Å². The highest BCUT2D eigenvalue weighted by molar-refractivity contribution is 6.29. The molecule has 0 aliphatic rings. The molecule has 0 atom stereocenters. The van der Waals surface area contributed by atoms with E-state index in [1.54, 1.807) is 19.9 Å². The predicted octanol–water partition coefficient (Wildman–Crippen LogP) is 3.19. The van der Waals surface area contributed by atoms with Gasteiger partial charge in [-0.2, -0.15) is 0 Å². The largest absolute Gasteiger partial charge is 0.491 e. The molecule has 7 heteroatoms. The molecule has 0 bridgehead atoms. The fourth-order valence-corrected chi connectivity index (χ4v) is 2.64. The highest BCUT2D eigenvalue weighted by Gasteiger charge is 2.19. The Morgan fingerprint density at radius 3 is 2.57 bits per heavy atom. The Morgan fingerprint density at radius 1 is 1.21 bits per heavy atom. The van der Waals surface area contributed by atoms with Gasteiger partial charge in [0.1, 0.15) is 11.4 Å². The first-order valence-electron chi connectivity index (χ1n) is 8.86. The summed E-state index contributed by atoms with van der Waals surface area (Å²) in [5.41, 5.74) is 1.75. The van der Waals surface area contributed by atoms with Gasteiger partial charge in [0.2, 0.25) is 6.29 Å². The zero-order chi connectivity index (χ0) is 20.5. The number of nitrogens with one attached hydrogen (secondary N) is 1. The molecule has 0 aliphatic heterocycles. The number of amides is 1. The zero-order valence-electron chi connectivity index (χ0n) is 15.8. The van der Waals surface area contributed by atoms with Crippen LogP contribution in [-0.2, 0) is 25.5 Å². The summed E-state index contributed by atoms with van der Waals surface area (Å²) in [6.07, 6.45) is 0.479. The van der Waals surface area contributed by atoms with E-state index in [1.165, 1.54) is 0 Å². The van der Waals surface area contributed by atoms with Crippen molar-refractivity contribution in [1.29, 1.82) is 0 Å². The van der Waals surface area contributed by atoms with Crippen molar-refractivity contribution in [3.63, 3.8) is 0 Å². The fourth-order valence-electron chi connectivity index (χ4n) is 2.64. The van der Waals surface area contributed by atoms with Gasteiger partial charge in [-0.05, 0) is 43.0 Å². The molecule has 2 rings (SSSR count). The maximum atomic E-state index is 14.9. The van der Waals surface area contributed by atoms with Crippen LogP contribution in [-0.4, -0.2) is 31.4 Å². The van der Waals surface area contributed by atoms with Crippen LogP contribution in [0.25, 0.3) is 0 Å². The quantitative estimate of drug-likeness (QED) is 0.406. The zero-order valence-corrected chi connectivity index (χ0v) is 15.8. The Balaban J connectivity index is 2.32. The number of ether oxygens (including phenoxy) is 2. The van der Waals surface area contributed by atoms with Crippen LogP contribution < -0.4 is 10.1 Å². The highest BCUT2D eigenvalue weighted by atomic mass is 19.1. The van der Waals surface area contributed by atoms with Crippen molar-refractivity contribution < 1.29 is 28.2 Å². The molecule has 0 aliphatic carbocycles. The standard InChI is InChI=1S/C21H22FNO5/c1-3-27-19(26)9-10-28-17-12-16(11-15-7-5-4-6-8-15)14(2)20(22)21(17)23-18(25)13-24/h4-8,12-13H,3,9-11H2,1-2H3,(H,23,25). The molecular formula is C21H22FNO5. The predicted molar refractivity (Wildman–Crippen MR) is 102 cm³/mol. The number of hydrogen-bond donors (Lipinski definition) is 1. The SMILES string of the molecule is CCOC(=O)CCOc1cc(Cc2ccccc2)c(C)c(F)c1NC(=O)C=O. The maximum Gasteiger partial charge on any atom is 0.309 e. The number of hydrogen-bond acceptors (Lipinski definition) is 5. The van der Waals surface area contributed by atoms with Gasteiger partial charge in [0.15, 0.2) is 5.82 Å². The minimum absolute atomic E-state index is 0.0293. The molecule has 0 spiro atoms. The Kier molecular flexibility index (Phi) is 7.68. The second-order valence-electron chi connectivity index (χ2n) is 6.02. The second-order valence-corrected chi connectivity index (χ2v) is 6.02. The Labute approximate surface area is 162 Å². The van der Waals surface area contributed by atoms with Crippen LogP contribution in [0, 0.1) is 12.7 Å². The number of rotatable bonds is 9. The lowest BCUT2D eigenvalue weighted by Crippen LogP contribution is -2.17. The van der Waals surface area contributed by atoms with E-state index in [0.717, 1.165) is 5.56 Å². The van der Waals surface area contributed by atoms with E-state index in [2.05, 4.69) is 5.32 Å². The molecule has 6 nitrogen and oxygen atoms in total. The van der Waals surface area contributed by atoms with Gasteiger partial charge in [-0.1, -0.05) is 30.3 Å². The van der Waals surface area contributed by atoms with Gasteiger partial charge < -0.3 is 14.8 Å². The molecule has 0 radical (unpaired) electrons. The monoisotopic (exact) mass is 387 g/mol. The molecule has 0 fully saturated rings. The number of esters is 1. The van der Waals surface area contributed by atoms with E-state index in [-0.39, 0.29) is 37.4 Å². The van der Waals surface area contributed by atoms with Crippen LogP contribution in [0.15, 0.2) is 36.4 Å². The van der Waals surface area contributed by atoms with Crippen molar-refractivity contribution in [2.45, 2.75) is 26.7 Å². The molecule has 28 heavy (non-hydrogen) atoms. The lowest BCUT2D eigenvalue weighted by Gasteiger charge is -2.17. The minimum atomic E-state index is -0.996. The molecule has 0 saturated carbocycles. The van der Waals surface area contributed by atoms with Gasteiger partial charge in [0.25, 0.3) is 5.91 Å². The third kappa shape index (κ3) is 5.64. The fraction of sp³-hybridized carbons (Fsp3) is 0.286. The van der Waals surface area contributed by atoms with Crippen molar-refractivity contribution in [2.75, 3.05) is 18.5 Å². The van der Waals surface area contributed by atoms with Crippen LogP contribution in [0.5, 0.6) is 5.75 Å². The van der Waals surface area contributed by atoms with Crippen LogP contribution in [0.2, 0.25) is 0 Å². The molecule has 0 saturated heterocycles. The molecule has 0 unspecified atom stereocenters. The molecule has 2 aromatic rings. The van der Waals surface area contributed by atoms with Crippen molar-refractivity contribution >= 4 is 23.9 Å². The second kappa shape index (κ2) is 10.2. The van der Waals surface area contributed by atoms with Crippen LogP contribution in [0.1, 0.15) is 30.0 Å². The molecule has 1 N–H and O–H groups in total. The maximum absolute atomic E-state index is 14.9. The van der Waals surface area contributed by atoms with Gasteiger partial charge in [-0.15, -0.1) is 0 Å². The summed E-state index contributed by atoms with van der Waals surface area (Å²) in [4.78, 5) is 33.6. The number of carbonyl (C=O) groups excluding carboxylic acids is 3. The van der Waals surface area contributed by atoms with E-state index >= 15 is 0 Å². The highest BCUT2D eigenvalue weighted by Crippen LogP contribution is 2.33. The van der Waals surface area contributed by atoms with Crippen molar-refractivity contribution in [3.05, 3.63) is 58.9 Å². The molecule has 2 aromatic carbocycles. The normalized spacial score (nSPS) is 10.2. The summed E-state index contributed by atoms with van der Waals surface area (Å²) >= 11 is 0. The topological polar surface area (TPSA) is 81.7 Å². The Hall–Kier alpha value is -3.22. The smallest absolute Gasteiger partial charge is 0.309 e. The average molecular weight is 387 g/mol. The first-order chi connectivity index (χ1) is 13.5. The minimum Gasteiger partial charge on any atom is -0.491 e. The van der Waals surface area contributed by atoms with Gasteiger partial charge in [0.05, 0.1) is 19.6 Å². The first kappa shape index (κ1) is 21.1. The van der Waals surface area contributed by atoms with Gasteiger partial charge in [-0.3, -0.25) is 14.4 Å². The molecule has 0 heterocycles. The van der Waals surface area contributed by atoms with Crippen LogP contribution >= 0.6 is 0 Å². The number of anilines is 1. The summed E-state index contributed by atoms with van der Waals surface area (Å²) in [5, 5.41) is 2.20. The number of benzene rings is 2. The van der Waals surface area contributed by atoms with Crippen LogP contribution in [0.4, 0.5) is 10.1 Å². The third-order valence-electron chi connectivity index (χ3n) is 4.04. The molecule has 1 amide bonds. The van der Waals surface area contributed by atoms with E-state index in [0.29, 0.717) is 17.5 Å². The van der Waals surface area contributed by atoms with E-state index in [4.69, 9.17) is 9.47 Å². The van der Waals surface area contributed by atoms with Crippen LogP contribution in [0.3, 0.4) is 0 Å². The summed E-state index contributed by atoms with van der Waals surface area (Å²) in [6.45, 7) is 3.47. The first-order valence-corrected chi connectivity index (χ1v) is 8.86. The summed E-state index contributed by atoms with van der Waals surface area (Å²) in [7, 11) is 0. The van der Waals surface area contributed by atoms with E-state index in [9.17, 15) is 18.8 Å². The van der Waals surface area contributed by atoms with Gasteiger partial charge in [-0.25, -0.2) is 4.39 Å². The van der Waals surface area contributed by atoms with Crippen molar-refractivity contribution in [2.24, 2.45) is 0 Å². The van der Waals surface area contributed by atoms with E-state index < -0.39 is 17.7 Å². The van der Waals surface area contributed by atoms with E-state index in [1.807, 2.05) is 30.3 Å². The summed E-state index contributed by atoms with van der Waals surface area (Å²) in [6, 6.07) is 11.1. The Bertz CT molecular complexity index is 852. The molecular weight excluding hydrogens is 365 g/mol. The lowest BCUT2D eigenvalue weighted by atomic mass is 9.98. The Morgan fingerprint density at radius 2 is 1.93 bits per heavy atom. The molecule has 0 aromatic heterocycles. The average Bonchev–Trinajstić information content (AvgIpc) is 2.69. The van der Waals surface area contributed by atoms with Crippen molar-refractivity contribution in [3.8, 4) is 5.75 Å².